The monoisotopic (exact) mass is 262 g/mol. The summed E-state index contributed by atoms with van der Waals surface area (Å²) in [5.41, 5.74) is 0.434. The van der Waals surface area contributed by atoms with Gasteiger partial charge in [0.05, 0.1) is 18.1 Å². The summed E-state index contributed by atoms with van der Waals surface area (Å²) in [6.45, 7) is 8.25. The Morgan fingerprint density at radius 2 is 1.79 bits per heavy atom. The third kappa shape index (κ3) is 2.88. The summed E-state index contributed by atoms with van der Waals surface area (Å²) in [5.74, 6) is -0.197. The van der Waals surface area contributed by atoms with Crippen LogP contribution in [0, 0.1) is 5.92 Å². The van der Waals surface area contributed by atoms with E-state index in [1.807, 2.05) is 44.2 Å². The smallest absolute Gasteiger partial charge is 0.151 e. The Morgan fingerprint density at radius 3 is 2.32 bits per heavy atom. The summed E-state index contributed by atoms with van der Waals surface area (Å²) < 4.78 is 0. The Hall–Kier alpha value is -1.19. The minimum absolute atomic E-state index is 0.0898. The van der Waals surface area contributed by atoms with E-state index in [1.54, 1.807) is 0 Å². The van der Waals surface area contributed by atoms with Gasteiger partial charge in [-0.2, -0.15) is 0 Å². The van der Waals surface area contributed by atoms with Crippen molar-refractivity contribution in [2.24, 2.45) is 5.92 Å². The highest BCUT2D eigenvalue weighted by atomic mass is 16.3. The van der Waals surface area contributed by atoms with Gasteiger partial charge in [0, 0.05) is 0 Å². The number of aliphatic hydroxyl groups is 1. The summed E-state index contributed by atoms with van der Waals surface area (Å²) in [7, 11) is 0. The highest BCUT2D eigenvalue weighted by Gasteiger charge is 2.52. The van der Waals surface area contributed by atoms with Crippen LogP contribution in [0.4, 0.5) is 0 Å². The normalized spacial score (nSPS) is 27.0. The molecule has 0 amide bonds. The van der Waals surface area contributed by atoms with Crippen LogP contribution < -0.4 is 5.32 Å². The summed E-state index contributed by atoms with van der Waals surface area (Å²) in [6.07, 6.45) is -0.221. The van der Waals surface area contributed by atoms with Crippen LogP contribution in [0.3, 0.4) is 0 Å². The van der Waals surface area contributed by atoms with E-state index < -0.39 is 6.10 Å². The van der Waals surface area contributed by atoms with Crippen molar-refractivity contribution < 1.29 is 15.2 Å². The molecule has 1 aromatic rings. The average Bonchev–Trinajstić information content (AvgIpc) is 2.25. The number of carbonyl (C=O) groups is 1. The predicted molar refractivity (Wildman–Crippen MR) is 74.6 cm³/mol. The molecule has 2 atom stereocenters. The fourth-order valence-electron chi connectivity index (χ4n) is 3.55. The van der Waals surface area contributed by atoms with E-state index in [4.69, 9.17) is 0 Å². The van der Waals surface area contributed by atoms with E-state index in [-0.39, 0.29) is 22.8 Å². The maximum Gasteiger partial charge on any atom is 0.151 e. The first-order valence-electron chi connectivity index (χ1n) is 6.86. The van der Waals surface area contributed by atoms with Gasteiger partial charge >= 0.3 is 0 Å². The zero-order valence-corrected chi connectivity index (χ0v) is 12.2. The first kappa shape index (κ1) is 14.2. The molecule has 0 unspecified atom stereocenters. The lowest BCUT2D eigenvalue weighted by Crippen LogP contribution is -3.07. The maximum absolute atomic E-state index is 12.5. The van der Waals surface area contributed by atoms with Gasteiger partial charge in [0.1, 0.15) is 11.5 Å². The molecule has 3 heteroatoms. The fraction of sp³-hybridized carbons (Fsp3) is 0.562. The topological polar surface area (TPSA) is 53.9 Å². The standard InChI is InChI=1S/C16H23NO2/c1-15(2)10-12(18)13(16(3,4)17-15)14(19)11-8-6-5-7-9-11/h5-9,13-14,17,19H,10H2,1-4H3/p+1/t13-,14-/m0/s1. The van der Waals surface area contributed by atoms with Crippen molar-refractivity contribution in [1.82, 2.24) is 0 Å². The highest BCUT2D eigenvalue weighted by Crippen LogP contribution is 2.34. The fourth-order valence-corrected chi connectivity index (χ4v) is 3.55. The molecule has 0 spiro atoms. The molecule has 3 nitrogen and oxygen atoms in total. The van der Waals surface area contributed by atoms with Crippen LogP contribution in [0.5, 0.6) is 0 Å². The van der Waals surface area contributed by atoms with Gasteiger partial charge in [-0.15, -0.1) is 0 Å². The Morgan fingerprint density at radius 1 is 1.21 bits per heavy atom. The average molecular weight is 262 g/mol. The number of carbonyl (C=O) groups excluding carboxylic acids is 1. The van der Waals surface area contributed by atoms with Crippen molar-refractivity contribution in [2.75, 3.05) is 0 Å². The van der Waals surface area contributed by atoms with Crippen molar-refractivity contribution in [3.8, 4) is 0 Å². The van der Waals surface area contributed by atoms with Crippen LogP contribution >= 0.6 is 0 Å². The van der Waals surface area contributed by atoms with Crippen LogP contribution in [-0.4, -0.2) is 22.0 Å². The molecule has 3 N–H and O–H groups in total. The molecule has 104 valence electrons. The number of quaternary nitrogens is 1. The van der Waals surface area contributed by atoms with Crippen LogP contribution in [-0.2, 0) is 4.79 Å². The Bertz CT molecular complexity index is 465. The second-order valence-electron chi connectivity index (χ2n) is 6.93. The van der Waals surface area contributed by atoms with Crippen molar-refractivity contribution in [1.29, 1.82) is 0 Å². The lowest BCUT2D eigenvalue weighted by molar-refractivity contribution is -0.788. The summed E-state index contributed by atoms with van der Waals surface area (Å²) >= 11 is 0. The zero-order valence-electron chi connectivity index (χ0n) is 12.2. The second kappa shape index (κ2) is 4.73. The van der Waals surface area contributed by atoms with E-state index >= 15 is 0 Å². The molecule has 0 radical (unpaired) electrons. The number of aliphatic hydroxyl groups excluding tert-OH is 1. The van der Waals surface area contributed by atoms with Gasteiger partial charge in [-0.05, 0) is 33.3 Å². The van der Waals surface area contributed by atoms with Crippen molar-refractivity contribution in [3.05, 3.63) is 35.9 Å². The Kier molecular flexibility index (Phi) is 3.54. The molecule has 1 heterocycles. The van der Waals surface area contributed by atoms with E-state index in [2.05, 4.69) is 19.2 Å². The Labute approximate surface area is 115 Å². The molecule has 1 aromatic carbocycles. The molecular formula is C16H24NO2+. The van der Waals surface area contributed by atoms with Gasteiger partial charge < -0.3 is 10.4 Å². The van der Waals surface area contributed by atoms with Crippen molar-refractivity contribution >= 4 is 5.78 Å². The first-order valence-corrected chi connectivity index (χ1v) is 6.86. The van der Waals surface area contributed by atoms with E-state index in [9.17, 15) is 9.90 Å². The number of hydrogen-bond acceptors (Lipinski definition) is 2. The van der Waals surface area contributed by atoms with Crippen molar-refractivity contribution in [2.45, 2.75) is 51.3 Å². The Balaban J connectivity index is 2.31. The van der Waals surface area contributed by atoms with Gasteiger partial charge in [0.2, 0.25) is 0 Å². The molecule has 2 rings (SSSR count). The number of hydrogen-bond donors (Lipinski definition) is 2. The molecular weight excluding hydrogens is 238 g/mol. The summed E-state index contributed by atoms with van der Waals surface area (Å²) in [4.78, 5) is 12.5. The van der Waals surface area contributed by atoms with E-state index in [1.165, 1.54) is 0 Å². The number of rotatable bonds is 2. The second-order valence-corrected chi connectivity index (χ2v) is 6.93. The number of piperidine rings is 1. The molecule has 0 aliphatic carbocycles. The predicted octanol–water partition coefficient (Wildman–Crippen LogP) is 1.43. The molecule has 1 aliphatic rings. The van der Waals surface area contributed by atoms with Gasteiger partial charge in [0.15, 0.2) is 5.78 Å². The van der Waals surface area contributed by atoms with E-state index in [0.717, 1.165) is 5.56 Å². The highest BCUT2D eigenvalue weighted by molar-refractivity contribution is 5.84. The number of Topliss-reactive ketones (excluding diaryl/α,β-unsaturated/α-hetero) is 1. The zero-order chi connectivity index (χ0) is 14.3. The first-order chi connectivity index (χ1) is 8.73. The lowest BCUT2D eigenvalue weighted by atomic mass is 9.70. The molecule has 0 saturated carbocycles. The molecule has 1 fully saturated rings. The third-order valence-corrected chi connectivity index (χ3v) is 4.00. The summed E-state index contributed by atoms with van der Waals surface area (Å²) in [6, 6.07) is 9.47. The molecule has 1 aliphatic heterocycles. The third-order valence-electron chi connectivity index (χ3n) is 4.00. The minimum Gasteiger partial charge on any atom is -0.387 e. The van der Waals surface area contributed by atoms with Crippen LogP contribution in [0.15, 0.2) is 30.3 Å². The van der Waals surface area contributed by atoms with E-state index in [0.29, 0.717) is 6.42 Å². The van der Waals surface area contributed by atoms with Gasteiger partial charge in [-0.1, -0.05) is 30.3 Å². The molecule has 0 aromatic heterocycles. The van der Waals surface area contributed by atoms with Crippen LogP contribution in [0.2, 0.25) is 0 Å². The van der Waals surface area contributed by atoms with Gasteiger partial charge in [-0.3, -0.25) is 4.79 Å². The summed E-state index contributed by atoms with van der Waals surface area (Å²) in [5, 5.41) is 12.8. The molecule has 19 heavy (non-hydrogen) atoms. The van der Waals surface area contributed by atoms with Crippen LogP contribution in [0.1, 0.15) is 45.8 Å². The minimum atomic E-state index is -0.726. The number of benzene rings is 1. The number of nitrogens with two attached hydrogens (primary N) is 1. The largest absolute Gasteiger partial charge is 0.387 e. The van der Waals surface area contributed by atoms with Gasteiger partial charge in [0.25, 0.3) is 0 Å². The maximum atomic E-state index is 12.5. The SMILES string of the molecule is CC1(C)CC(=O)[C@@H]([C@@H](O)c2ccccc2)C(C)(C)[NH2+]1. The number of ketones is 1. The lowest BCUT2D eigenvalue weighted by Gasteiger charge is -2.44. The molecule has 1 saturated heterocycles. The quantitative estimate of drug-likeness (QED) is 0.847. The van der Waals surface area contributed by atoms with Crippen molar-refractivity contribution in [3.63, 3.8) is 0 Å². The molecule has 0 bridgehead atoms. The van der Waals surface area contributed by atoms with Gasteiger partial charge in [-0.25, -0.2) is 0 Å². The van der Waals surface area contributed by atoms with Crippen LogP contribution in [0.25, 0.3) is 0 Å².